The van der Waals surface area contributed by atoms with Crippen LogP contribution in [0.3, 0.4) is 0 Å². The summed E-state index contributed by atoms with van der Waals surface area (Å²) in [6.07, 6.45) is 0. The van der Waals surface area contributed by atoms with Gasteiger partial charge in [0, 0.05) is 10.5 Å². The highest BCUT2D eigenvalue weighted by molar-refractivity contribution is 9.10. The molecule has 0 amide bonds. The Morgan fingerprint density at radius 3 is 2.83 bits per heavy atom. The van der Waals surface area contributed by atoms with E-state index in [-0.39, 0.29) is 5.69 Å². The molecule has 0 saturated heterocycles. The lowest BCUT2D eigenvalue weighted by atomic mass is 10.3. The molecule has 0 fully saturated rings. The van der Waals surface area contributed by atoms with Crippen LogP contribution in [0.4, 0.5) is 4.39 Å². The molecule has 0 aromatic carbocycles. The molecule has 0 aliphatic rings. The molecule has 0 unspecified atom stereocenters. The summed E-state index contributed by atoms with van der Waals surface area (Å²) in [5, 5.41) is 0. The quantitative estimate of drug-likeness (QED) is 0.549. The molecule has 1 aromatic heterocycles. The van der Waals surface area contributed by atoms with Gasteiger partial charge in [-0.2, -0.15) is 4.39 Å². The number of carbonyl (C=O) groups excluding carboxylic acids is 1. The molecule has 1 aromatic rings. The van der Waals surface area contributed by atoms with Crippen molar-refractivity contribution in [2.75, 3.05) is 7.11 Å². The fourth-order valence-electron chi connectivity index (χ4n) is 0.675. The summed E-state index contributed by atoms with van der Waals surface area (Å²) in [4.78, 5) is 14.2. The lowest BCUT2D eigenvalue weighted by molar-refractivity contribution is 0.0592. The molecule has 12 heavy (non-hydrogen) atoms. The van der Waals surface area contributed by atoms with E-state index in [2.05, 4.69) is 25.7 Å². The first-order valence-electron chi connectivity index (χ1n) is 3.05. The van der Waals surface area contributed by atoms with Crippen LogP contribution in [0, 0.1) is 5.95 Å². The van der Waals surface area contributed by atoms with Gasteiger partial charge in [-0.3, -0.25) is 0 Å². The van der Waals surface area contributed by atoms with Crippen molar-refractivity contribution in [2.24, 2.45) is 0 Å². The van der Waals surface area contributed by atoms with Gasteiger partial charge >= 0.3 is 5.97 Å². The van der Waals surface area contributed by atoms with Gasteiger partial charge in [-0.1, -0.05) is 15.9 Å². The highest BCUT2D eigenvalue weighted by Gasteiger charge is 2.09. The van der Waals surface area contributed by atoms with Crippen LogP contribution in [0.15, 0.2) is 16.6 Å². The van der Waals surface area contributed by atoms with Crippen molar-refractivity contribution in [3.8, 4) is 0 Å². The third kappa shape index (κ3) is 2.01. The Morgan fingerprint density at radius 2 is 2.33 bits per heavy atom. The topological polar surface area (TPSA) is 39.2 Å². The minimum atomic E-state index is -0.718. The molecule has 0 atom stereocenters. The van der Waals surface area contributed by atoms with Gasteiger partial charge in [0.2, 0.25) is 5.95 Å². The predicted molar refractivity (Wildman–Crippen MR) is 43.2 cm³/mol. The van der Waals surface area contributed by atoms with Crippen LogP contribution in [-0.4, -0.2) is 18.1 Å². The summed E-state index contributed by atoms with van der Waals surface area (Å²) in [7, 11) is 1.21. The van der Waals surface area contributed by atoms with Gasteiger partial charge in [-0.05, 0) is 6.07 Å². The van der Waals surface area contributed by atoms with Gasteiger partial charge in [0.05, 0.1) is 7.11 Å². The number of ether oxygens (including phenoxy) is 1. The number of hydrogen-bond donors (Lipinski definition) is 0. The van der Waals surface area contributed by atoms with Crippen molar-refractivity contribution in [3.05, 3.63) is 28.2 Å². The van der Waals surface area contributed by atoms with E-state index in [9.17, 15) is 9.18 Å². The number of carbonyl (C=O) groups is 1. The Kier molecular flexibility index (Phi) is 2.75. The molecule has 0 aliphatic heterocycles. The zero-order chi connectivity index (χ0) is 9.14. The van der Waals surface area contributed by atoms with E-state index in [1.807, 2.05) is 0 Å². The summed E-state index contributed by atoms with van der Waals surface area (Å²) in [6.45, 7) is 0. The number of esters is 1. The van der Waals surface area contributed by atoms with Crippen LogP contribution in [0.5, 0.6) is 0 Å². The van der Waals surface area contributed by atoms with E-state index in [1.165, 1.54) is 13.2 Å². The standard InChI is InChI=1S/C7H5BrFNO2/c1-12-7(11)5-2-4(8)3-6(9)10-5/h2-3H,1H3. The van der Waals surface area contributed by atoms with Gasteiger partial charge in [0.1, 0.15) is 0 Å². The molecule has 3 nitrogen and oxygen atoms in total. The second-order valence-electron chi connectivity index (χ2n) is 1.98. The maximum atomic E-state index is 12.6. The second-order valence-corrected chi connectivity index (χ2v) is 2.90. The average molecular weight is 234 g/mol. The van der Waals surface area contributed by atoms with E-state index < -0.39 is 11.9 Å². The molecule has 0 N–H and O–H groups in total. The Balaban J connectivity index is 3.08. The predicted octanol–water partition coefficient (Wildman–Crippen LogP) is 1.77. The van der Waals surface area contributed by atoms with Crippen LogP contribution >= 0.6 is 15.9 Å². The number of pyridine rings is 1. The first kappa shape index (κ1) is 9.12. The molecular weight excluding hydrogens is 229 g/mol. The summed E-state index contributed by atoms with van der Waals surface area (Å²) in [5.74, 6) is -1.38. The van der Waals surface area contributed by atoms with E-state index in [4.69, 9.17) is 0 Å². The summed E-state index contributed by atoms with van der Waals surface area (Å²) in [5.41, 5.74) is -0.0515. The van der Waals surface area contributed by atoms with E-state index in [0.29, 0.717) is 4.47 Å². The maximum absolute atomic E-state index is 12.6. The fourth-order valence-corrected chi connectivity index (χ4v) is 1.08. The number of aromatic nitrogens is 1. The normalized spacial score (nSPS) is 9.58. The zero-order valence-corrected chi connectivity index (χ0v) is 7.76. The average Bonchev–Trinajstić information content (AvgIpc) is 2.01. The van der Waals surface area contributed by atoms with Crippen molar-refractivity contribution in [3.63, 3.8) is 0 Å². The number of rotatable bonds is 1. The Labute approximate surface area is 76.7 Å². The van der Waals surface area contributed by atoms with Gasteiger partial charge in [0.15, 0.2) is 5.69 Å². The lowest BCUT2D eigenvalue weighted by Gasteiger charge is -1.98. The van der Waals surface area contributed by atoms with Crippen LogP contribution in [-0.2, 0) is 4.74 Å². The number of methoxy groups -OCH3 is 1. The number of nitrogens with zero attached hydrogens (tertiary/aromatic N) is 1. The minimum Gasteiger partial charge on any atom is -0.464 e. The Morgan fingerprint density at radius 1 is 1.67 bits per heavy atom. The lowest BCUT2D eigenvalue weighted by Crippen LogP contribution is -2.05. The minimum absolute atomic E-state index is 0.0515. The number of hydrogen-bond acceptors (Lipinski definition) is 3. The smallest absolute Gasteiger partial charge is 0.356 e. The molecule has 0 saturated carbocycles. The molecule has 5 heteroatoms. The first-order chi connectivity index (χ1) is 5.63. The Hall–Kier alpha value is -0.970. The van der Waals surface area contributed by atoms with Gasteiger partial charge in [-0.25, -0.2) is 9.78 Å². The van der Waals surface area contributed by atoms with E-state index in [0.717, 1.165) is 6.07 Å². The Bertz CT molecular complexity index is 296. The molecule has 0 radical (unpaired) electrons. The molecule has 0 bridgehead atoms. The molecular formula is C7H5BrFNO2. The molecule has 1 heterocycles. The van der Waals surface area contributed by atoms with Crippen LogP contribution in [0.2, 0.25) is 0 Å². The first-order valence-corrected chi connectivity index (χ1v) is 3.84. The van der Waals surface area contributed by atoms with Crippen molar-refractivity contribution in [2.45, 2.75) is 0 Å². The summed E-state index contributed by atoms with van der Waals surface area (Å²) in [6, 6.07) is 2.54. The van der Waals surface area contributed by atoms with Crippen LogP contribution in [0.25, 0.3) is 0 Å². The second kappa shape index (κ2) is 3.62. The molecule has 0 aliphatic carbocycles. The summed E-state index contributed by atoms with van der Waals surface area (Å²) < 4.78 is 17.4. The van der Waals surface area contributed by atoms with Gasteiger partial charge in [-0.15, -0.1) is 0 Å². The number of halogens is 2. The molecule has 1 rings (SSSR count). The molecule has 0 spiro atoms. The third-order valence-electron chi connectivity index (χ3n) is 1.15. The molecule has 64 valence electrons. The third-order valence-corrected chi connectivity index (χ3v) is 1.61. The monoisotopic (exact) mass is 233 g/mol. The maximum Gasteiger partial charge on any atom is 0.356 e. The van der Waals surface area contributed by atoms with Crippen molar-refractivity contribution in [1.82, 2.24) is 4.98 Å². The largest absolute Gasteiger partial charge is 0.464 e. The van der Waals surface area contributed by atoms with Crippen molar-refractivity contribution < 1.29 is 13.9 Å². The van der Waals surface area contributed by atoms with E-state index in [1.54, 1.807) is 0 Å². The fraction of sp³-hybridized carbons (Fsp3) is 0.143. The zero-order valence-electron chi connectivity index (χ0n) is 6.17. The van der Waals surface area contributed by atoms with Crippen molar-refractivity contribution >= 4 is 21.9 Å². The summed E-state index contributed by atoms with van der Waals surface area (Å²) >= 11 is 3.02. The van der Waals surface area contributed by atoms with Crippen LogP contribution < -0.4 is 0 Å². The SMILES string of the molecule is COC(=O)c1cc(Br)cc(F)n1. The van der Waals surface area contributed by atoms with Crippen molar-refractivity contribution in [1.29, 1.82) is 0 Å². The highest BCUT2D eigenvalue weighted by Crippen LogP contribution is 2.12. The van der Waals surface area contributed by atoms with Gasteiger partial charge in [0.25, 0.3) is 0 Å². The highest BCUT2D eigenvalue weighted by atomic mass is 79.9. The van der Waals surface area contributed by atoms with Crippen LogP contribution in [0.1, 0.15) is 10.5 Å². The van der Waals surface area contributed by atoms with E-state index >= 15 is 0 Å². The van der Waals surface area contributed by atoms with Gasteiger partial charge < -0.3 is 4.74 Å².